The third-order valence-electron chi connectivity index (χ3n) is 3.25. The van der Waals surface area contributed by atoms with Crippen molar-refractivity contribution >= 4 is 21.9 Å². The van der Waals surface area contributed by atoms with E-state index in [1.54, 1.807) is 0 Å². The molecule has 8 nitrogen and oxygen atoms in total. The number of hydrogen-bond donors (Lipinski definition) is 3. The second-order valence-electron chi connectivity index (χ2n) is 5.44. The Morgan fingerprint density at radius 2 is 1.91 bits per heavy atom. The van der Waals surface area contributed by atoms with Gasteiger partial charge in [0.25, 0.3) is 5.91 Å². The molecule has 1 amide bonds. The van der Waals surface area contributed by atoms with Crippen molar-refractivity contribution < 1.29 is 27.9 Å². The van der Waals surface area contributed by atoms with Gasteiger partial charge in [0.1, 0.15) is 10.6 Å². The fourth-order valence-corrected chi connectivity index (χ4v) is 2.54. The van der Waals surface area contributed by atoms with E-state index < -0.39 is 27.3 Å². The van der Waals surface area contributed by atoms with E-state index >= 15 is 0 Å². The van der Waals surface area contributed by atoms with Gasteiger partial charge in [-0.05, 0) is 39.1 Å². The fraction of sp³-hybridized carbons (Fsp3) is 0.429. The van der Waals surface area contributed by atoms with Crippen molar-refractivity contribution in [2.45, 2.75) is 18.7 Å². The van der Waals surface area contributed by atoms with Crippen LogP contribution in [0.3, 0.4) is 0 Å². The van der Waals surface area contributed by atoms with Crippen molar-refractivity contribution in [3.05, 3.63) is 23.8 Å². The van der Waals surface area contributed by atoms with Gasteiger partial charge in [-0.15, -0.1) is 0 Å². The van der Waals surface area contributed by atoms with Crippen LogP contribution in [0, 0.1) is 5.41 Å². The van der Waals surface area contributed by atoms with Crippen LogP contribution in [0.15, 0.2) is 23.1 Å². The maximum atomic E-state index is 12.1. The van der Waals surface area contributed by atoms with Crippen LogP contribution in [-0.2, 0) is 14.8 Å². The Morgan fingerprint density at radius 3 is 2.39 bits per heavy atom. The molecule has 0 aliphatic carbocycles. The Balaban J connectivity index is 3.08. The van der Waals surface area contributed by atoms with Gasteiger partial charge < -0.3 is 15.2 Å². The first-order valence-corrected chi connectivity index (χ1v) is 8.16. The van der Waals surface area contributed by atoms with E-state index in [1.165, 1.54) is 46.2 Å². The van der Waals surface area contributed by atoms with Gasteiger partial charge in [-0.3, -0.25) is 9.59 Å². The lowest BCUT2D eigenvalue weighted by atomic mass is 9.94. The highest BCUT2D eigenvalue weighted by Gasteiger charge is 2.28. The van der Waals surface area contributed by atoms with Crippen LogP contribution in [0.5, 0.6) is 5.75 Å². The number of aliphatic carboxylic acids is 1. The summed E-state index contributed by atoms with van der Waals surface area (Å²) in [4.78, 5) is 23.0. The average molecular weight is 344 g/mol. The zero-order valence-corrected chi connectivity index (χ0v) is 14.2. The molecule has 0 bridgehead atoms. The van der Waals surface area contributed by atoms with Crippen LogP contribution in [0.25, 0.3) is 0 Å². The number of hydrogen-bond acceptors (Lipinski definition) is 5. The number of carbonyl (C=O) groups is 2. The summed E-state index contributed by atoms with van der Waals surface area (Å²) in [7, 11) is -1.24. The number of methoxy groups -OCH3 is 1. The molecule has 0 unspecified atom stereocenters. The lowest BCUT2D eigenvalue weighted by molar-refractivity contribution is -0.146. The minimum atomic E-state index is -3.80. The molecule has 0 radical (unpaired) electrons. The number of carboxylic acid groups (broad SMARTS) is 1. The van der Waals surface area contributed by atoms with Crippen molar-refractivity contribution in [1.29, 1.82) is 0 Å². The molecule has 0 heterocycles. The van der Waals surface area contributed by atoms with E-state index in [1.807, 2.05) is 0 Å². The number of benzene rings is 1. The van der Waals surface area contributed by atoms with Crippen molar-refractivity contribution in [1.82, 2.24) is 10.0 Å². The number of carbonyl (C=O) groups excluding carboxylic acids is 1. The molecule has 3 N–H and O–H groups in total. The number of nitrogens with one attached hydrogen (secondary N) is 2. The van der Waals surface area contributed by atoms with Gasteiger partial charge in [0.2, 0.25) is 10.0 Å². The summed E-state index contributed by atoms with van der Waals surface area (Å²) in [6.45, 7) is 2.85. The predicted molar refractivity (Wildman–Crippen MR) is 83.0 cm³/mol. The van der Waals surface area contributed by atoms with Gasteiger partial charge in [0.05, 0.1) is 12.5 Å². The Hall–Kier alpha value is -2.13. The quantitative estimate of drug-likeness (QED) is 0.660. The third kappa shape index (κ3) is 4.42. The zero-order chi connectivity index (χ0) is 17.8. The molecule has 0 atom stereocenters. The predicted octanol–water partition coefficient (Wildman–Crippen LogP) is 0.444. The van der Waals surface area contributed by atoms with Gasteiger partial charge in [0.15, 0.2) is 0 Å². The lowest BCUT2D eigenvalue weighted by Gasteiger charge is -2.19. The van der Waals surface area contributed by atoms with Crippen LogP contribution >= 0.6 is 0 Å². The third-order valence-corrected chi connectivity index (χ3v) is 4.69. The van der Waals surface area contributed by atoms with Crippen molar-refractivity contribution in [3.8, 4) is 5.75 Å². The Labute approximate surface area is 134 Å². The minimum absolute atomic E-state index is 0.0841. The van der Waals surface area contributed by atoms with Crippen molar-refractivity contribution in [3.63, 3.8) is 0 Å². The van der Waals surface area contributed by atoms with Crippen LogP contribution in [0.4, 0.5) is 0 Å². The summed E-state index contributed by atoms with van der Waals surface area (Å²) in [5, 5.41) is 11.5. The van der Waals surface area contributed by atoms with E-state index in [-0.39, 0.29) is 22.8 Å². The maximum absolute atomic E-state index is 12.1. The summed E-state index contributed by atoms with van der Waals surface area (Å²) < 4.78 is 31.1. The average Bonchev–Trinajstić information content (AvgIpc) is 2.51. The minimum Gasteiger partial charge on any atom is -0.495 e. The summed E-state index contributed by atoms with van der Waals surface area (Å²) in [5.74, 6) is -1.53. The van der Waals surface area contributed by atoms with Gasteiger partial charge in [-0.1, -0.05) is 0 Å². The number of ether oxygens (including phenoxy) is 1. The number of rotatable bonds is 7. The molecule has 0 aliphatic rings. The molecular weight excluding hydrogens is 324 g/mol. The topological polar surface area (TPSA) is 122 Å². The summed E-state index contributed by atoms with van der Waals surface area (Å²) in [6.07, 6.45) is 0. The molecule has 0 aliphatic heterocycles. The first kappa shape index (κ1) is 18.9. The zero-order valence-electron chi connectivity index (χ0n) is 13.3. The molecule has 0 aromatic heterocycles. The van der Waals surface area contributed by atoms with Crippen LogP contribution in [-0.4, -0.2) is 46.1 Å². The van der Waals surface area contributed by atoms with E-state index in [9.17, 15) is 18.0 Å². The standard InChI is InChI=1S/C14H20N2O6S/c1-14(2,13(18)19)8-16-12(17)9-5-6-10(22-4)11(7-9)23(20,21)15-3/h5-7,15H,8H2,1-4H3,(H,16,17)(H,18,19). The molecule has 1 rings (SSSR count). The second-order valence-corrected chi connectivity index (χ2v) is 7.30. The monoisotopic (exact) mass is 344 g/mol. The van der Waals surface area contributed by atoms with Gasteiger partial charge in [0, 0.05) is 12.1 Å². The van der Waals surface area contributed by atoms with E-state index in [0.29, 0.717) is 0 Å². The number of carboxylic acids is 1. The molecule has 0 spiro atoms. The first-order chi connectivity index (χ1) is 10.5. The highest BCUT2D eigenvalue weighted by atomic mass is 32.2. The molecule has 1 aromatic carbocycles. The summed E-state index contributed by atoms with van der Waals surface area (Å²) >= 11 is 0. The molecule has 0 saturated carbocycles. The summed E-state index contributed by atoms with van der Waals surface area (Å²) in [5.41, 5.74) is -1.05. The van der Waals surface area contributed by atoms with Crippen LogP contribution in [0.1, 0.15) is 24.2 Å². The van der Waals surface area contributed by atoms with Crippen LogP contribution < -0.4 is 14.8 Å². The largest absolute Gasteiger partial charge is 0.495 e. The molecular formula is C14H20N2O6S. The molecule has 1 aromatic rings. The molecule has 0 fully saturated rings. The van der Waals surface area contributed by atoms with Crippen molar-refractivity contribution in [2.24, 2.45) is 5.41 Å². The van der Waals surface area contributed by atoms with E-state index in [0.717, 1.165) is 0 Å². The smallest absolute Gasteiger partial charge is 0.310 e. The van der Waals surface area contributed by atoms with Gasteiger partial charge in [-0.25, -0.2) is 13.1 Å². The Morgan fingerprint density at radius 1 is 1.30 bits per heavy atom. The molecule has 0 saturated heterocycles. The normalized spacial score (nSPS) is 11.8. The van der Waals surface area contributed by atoms with E-state index in [4.69, 9.17) is 9.84 Å². The fourth-order valence-electron chi connectivity index (χ4n) is 1.62. The van der Waals surface area contributed by atoms with Crippen molar-refractivity contribution in [2.75, 3.05) is 20.7 Å². The Kier molecular flexibility index (Phi) is 5.73. The second kappa shape index (κ2) is 6.97. The van der Waals surface area contributed by atoms with E-state index in [2.05, 4.69) is 10.0 Å². The number of amides is 1. The lowest BCUT2D eigenvalue weighted by Crippen LogP contribution is -2.39. The highest BCUT2D eigenvalue weighted by Crippen LogP contribution is 2.24. The van der Waals surface area contributed by atoms with Gasteiger partial charge in [-0.2, -0.15) is 0 Å². The molecule has 23 heavy (non-hydrogen) atoms. The Bertz CT molecular complexity index is 712. The highest BCUT2D eigenvalue weighted by molar-refractivity contribution is 7.89. The number of sulfonamides is 1. The maximum Gasteiger partial charge on any atom is 0.310 e. The van der Waals surface area contributed by atoms with Gasteiger partial charge >= 0.3 is 5.97 Å². The molecule has 9 heteroatoms. The van der Waals surface area contributed by atoms with Crippen LogP contribution in [0.2, 0.25) is 0 Å². The SMILES string of the molecule is CNS(=O)(=O)c1cc(C(=O)NCC(C)(C)C(=O)O)ccc1OC. The molecule has 128 valence electrons. The first-order valence-electron chi connectivity index (χ1n) is 6.68. The summed E-state index contributed by atoms with van der Waals surface area (Å²) in [6, 6.07) is 3.94.